The molecule has 2 aromatic carbocycles. The SMILES string of the molecule is CN1/C(=C\C(=O)c2ccccc2O)C(C)(C)c2ccccc21. The number of aromatic hydroxyl groups is 1. The summed E-state index contributed by atoms with van der Waals surface area (Å²) < 4.78 is 0. The molecule has 0 aromatic heterocycles. The van der Waals surface area contributed by atoms with Crippen molar-refractivity contribution in [2.24, 2.45) is 0 Å². The van der Waals surface area contributed by atoms with Crippen LogP contribution >= 0.6 is 0 Å². The first-order valence-electron chi connectivity index (χ1n) is 7.30. The fraction of sp³-hybridized carbons (Fsp3) is 0.211. The first-order chi connectivity index (χ1) is 10.4. The molecule has 3 rings (SSSR count). The number of hydrogen-bond acceptors (Lipinski definition) is 3. The summed E-state index contributed by atoms with van der Waals surface area (Å²) in [5.41, 5.74) is 3.33. The Balaban J connectivity index is 2.06. The molecule has 1 N–H and O–H groups in total. The van der Waals surface area contributed by atoms with E-state index in [2.05, 4.69) is 26.0 Å². The molecule has 3 heteroatoms. The molecule has 0 atom stereocenters. The fourth-order valence-corrected chi connectivity index (χ4v) is 3.14. The molecule has 112 valence electrons. The molecule has 1 aliphatic rings. The predicted octanol–water partition coefficient (Wildman–Crippen LogP) is 3.89. The minimum Gasteiger partial charge on any atom is -0.507 e. The largest absolute Gasteiger partial charge is 0.507 e. The average molecular weight is 293 g/mol. The van der Waals surface area contributed by atoms with Crippen molar-refractivity contribution in [3.63, 3.8) is 0 Å². The Bertz CT molecular complexity index is 775. The molecule has 0 saturated carbocycles. The number of phenols is 1. The summed E-state index contributed by atoms with van der Waals surface area (Å²) in [7, 11) is 1.97. The molecule has 0 radical (unpaired) electrons. The summed E-state index contributed by atoms with van der Waals surface area (Å²) in [4.78, 5) is 14.6. The van der Waals surface area contributed by atoms with Gasteiger partial charge in [0.25, 0.3) is 0 Å². The monoisotopic (exact) mass is 293 g/mol. The van der Waals surface area contributed by atoms with Gasteiger partial charge in [-0.15, -0.1) is 0 Å². The Morgan fingerprint density at radius 2 is 1.73 bits per heavy atom. The van der Waals surface area contributed by atoms with Gasteiger partial charge < -0.3 is 10.0 Å². The zero-order valence-corrected chi connectivity index (χ0v) is 13.0. The Kier molecular flexibility index (Phi) is 3.28. The van der Waals surface area contributed by atoms with Gasteiger partial charge in [-0.25, -0.2) is 0 Å². The van der Waals surface area contributed by atoms with Gasteiger partial charge in [0.2, 0.25) is 0 Å². The van der Waals surface area contributed by atoms with Gasteiger partial charge in [-0.2, -0.15) is 0 Å². The van der Waals surface area contributed by atoms with Crippen LogP contribution in [0.5, 0.6) is 5.75 Å². The number of likely N-dealkylation sites (N-methyl/N-ethyl adjacent to an activating group) is 1. The van der Waals surface area contributed by atoms with Crippen molar-refractivity contribution in [1.29, 1.82) is 0 Å². The van der Waals surface area contributed by atoms with E-state index < -0.39 is 0 Å². The van der Waals surface area contributed by atoms with E-state index >= 15 is 0 Å². The van der Waals surface area contributed by atoms with E-state index in [1.807, 2.05) is 24.1 Å². The van der Waals surface area contributed by atoms with E-state index in [0.717, 1.165) is 11.4 Å². The van der Waals surface area contributed by atoms with Crippen LogP contribution < -0.4 is 4.90 Å². The maximum absolute atomic E-state index is 12.5. The van der Waals surface area contributed by atoms with Crippen molar-refractivity contribution in [2.75, 3.05) is 11.9 Å². The molecule has 0 aliphatic carbocycles. The Morgan fingerprint density at radius 3 is 2.41 bits per heavy atom. The van der Waals surface area contributed by atoms with E-state index in [4.69, 9.17) is 0 Å². The van der Waals surface area contributed by atoms with Gasteiger partial charge in [0.1, 0.15) is 5.75 Å². The third kappa shape index (κ3) is 2.10. The summed E-state index contributed by atoms with van der Waals surface area (Å²) in [6, 6.07) is 14.8. The average Bonchev–Trinajstić information content (AvgIpc) is 2.69. The molecule has 1 aliphatic heterocycles. The van der Waals surface area contributed by atoms with Crippen LogP contribution in [0, 0.1) is 0 Å². The Labute approximate surface area is 130 Å². The van der Waals surface area contributed by atoms with Crippen LogP contribution in [0.1, 0.15) is 29.8 Å². The molecule has 0 fully saturated rings. The highest BCUT2D eigenvalue weighted by atomic mass is 16.3. The van der Waals surface area contributed by atoms with Crippen LogP contribution in [-0.4, -0.2) is 17.9 Å². The van der Waals surface area contributed by atoms with Crippen molar-refractivity contribution in [3.05, 3.63) is 71.4 Å². The smallest absolute Gasteiger partial charge is 0.191 e. The second kappa shape index (κ2) is 5.02. The minimum atomic E-state index is -0.245. The van der Waals surface area contributed by atoms with Gasteiger partial charge in [-0.05, 0) is 23.8 Å². The van der Waals surface area contributed by atoms with Crippen LogP contribution in [0.2, 0.25) is 0 Å². The van der Waals surface area contributed by atoms with Crippen molar-refractivity contribution in [1.82, 2.24) is 0 Å². The van der Waals surface area contributed by atoms with Crippen molar-refractivity contribution in [2.45, 2.75) is 19.3 Å². The number of hydrogen-bond donors (Lipinski definition) is 1. The zero-order chi connectivity index (χ0) is 15.9. The second-order valence-electron chi connectivity index (χ2n) is 6.11. The third-order valence-corrected chi connectivity index (χ3v) is 4.38. The lowest BCUT2D eigenvalue weighted by Crippen LogP contribution is -2.24. The highest BCUT2D eigenvalue weighted by Crippen LogP contribution is 2.46. The summed E-state index contributed by atoms with van der Waals surface area (Å²) in [6.07, 6.45) is 1.63. The predicted molar refractivity (Wildman–Crippen MR) is 88.4 cm³/mol. The number of allylic oxidation sites excluding steroid dienone is 2. The highest BCUT2D eigenvalue weighted by Gasteiger charge is 2.38. The van der Waals surface area contributed by atoms with Gasteiger partial charge in [-0.3, -0.25) is 4.79 Å². The van der Waals surface area contributed by atoms with Gasteiger partial charge in [0, 0.05) is 29.9 Å². The number of benzene rings is 2. The van der Waals surface area contributed by atoms with Crippen LogP contribution in [0.3, 0.4) is 0 Å². The van der Waals surface area contributed by atoms with E-state index in [-0.39, 0.29) is 16.9 Å². The maximum atomic E-state index is 12.5. The zero-order valence-electron chi connectivity index (χ0n) is 13.0. The topological polar surface area (TPSA) is 40.5 Å². The standard InChI is InChI=1S/C19H19NO2/c1-19(2)14-9-5-6-10-15(14)20(3)18(19)12-17(22)13-8-4-7-11-16(13)21/h4-12,21H,1-3H3/b18-12-. The van der Waals surface area contributed by atoms with E-state index in [0.29, 0.717) is 5.56 Å². The number of anilines is 1. The summed E-state index contributed by atoms with van der Waals surface area (Å²) in [5.74, 6) is -0.166. The van der Waals surface area contributed by atoms with Crippen LogP contribution in [0.4, 0.5) is 5.69 Å². The first kappa shape index (κ1) is 14.4. The summed E-state index contributed by atoms with van der Waals surface area (Å²) in [6.45, 7) is 4.22. The lowest BCUT2D eigenvalue weighted by Gasteiger charge is -2.24. The number of nitrogens with zero attached hydrogens (tertiary/aromatic N) is 1. The maximum Gasteiger partial charge on any atom is 0.191 e. The van der Waals surface area contributed by atoms with Gasteiger partial charge >= 0.3 is 0 Å². The summed E-state index contributed by atoms with van der Waals surface area (Å²) >= 11 is 0. The summed E-state index contributed by atoms with van der Waals surface area (Å²) in [5, 5.41) is 9.86. The number of para-hydroxylation sites is 2. The lowest BCUT2D eigenvalue weighted by molar-refractivity contribution is 0.104. The number of phenolic OH excluding ortho intramolecular Hbond substituents is 1. The molecule has 0 amide bonds. The molecule has 0 saturated heterocycles. The number of carbonyl (C=O) groups excluding carboxylic acids is 1. The number of carbonyl (C=O) groups is 1. The molecule has 2 aromatic rings. The molecule has 3 nitrogen and oxygen atoms in total. The Hall–Kier alpha value is -2.55. The van der Waals surface area contributed by atoms with Gasteiger partial charge in [0.15, 0.2) is 5.78 Å². The quantitative estimate of drug-likeness (QED) is 0.674. The molecule has 0 spiro atoms. The highest BCUT2D eigenvalue weighted by molar-refractivity contribution is 6.07. The second-order valence-corrected chi connectivity index (χ2v) is 6.11. The van der Waals surface area contributed by atoms with Crippen molar-refractivity contribution in [3.8, 4) is 5.75 Å². The number of rotatable bonds is 2. The number of ketones is 1. The van der Waals surface area contributed by atoms with Crippen molar-refractivity contribution < 1.29 is 9.90 Å². The van der Waals surface area contributed by atoms with E-state index in [1.54, 1.807) is 24.3 Å². The molecule has 0 unspecified atom stereocenters. The third-order valence-electron chi connectivity index (χ3n) is 4.38. The van der Waals surface area contributed by atoms with Crippen LogP contribution in [0.25, 0.3) is 0 Å². The van der Waals surface area contributed by atoms with Gasteiger partial charge in [-0.1, -0.05) is 44.2 Å². The molecular weight excluding hydrogens is 274 g/mol. The number of fused-ring (bicyclic) bond motifs is 1. The van der Waals surface area contributed by atoms with Crippen LogP contribution in [0.15, 0.2) is 60.3 Å². The first-order valence-corrected chi connectivity index (χ1v) is 7.30. The van der Waals surface area contributed by atoms with Crippen molar-refractivity contribution >= 4 is 11.5 Å². The van der Waals surface area contributed by atoms with Crippen LogP contribution in [-0.2, 0) is 5.41 Å². The lowest BCUT2D eigenvalue weighted by atomic mass is 9.83. The van der Waals surface area contributed by atoms with E-state index in [1.165, 1.54) is 11.6 Å². The van der Waals surface area contributed by atoms with E-state index in [9.17, 15) is 9.90 Å². The fourth-order valence-electron chi connectivity index (χ4n) is 3.14. The molecule has 22 heavy (non-hydrogen) atoms. The molecule has 1 heterocycles. The van der Waals surface area contributed by atoms with Gasteiger partial charge in [0.05, 0.1) is 5.56 Å². The molecular formula is C19H19NO2. The minimum absolute atomic E-state index is 0.0142. The molecule has 0 bridgehead atoms. The Morgan fingerprint density at radius 1 is 1.09 bits per heavy atom. The normalized spacial score (nSPS) is 17.6.